The van der Waals surface area contributed by atoms with Crippen molar-refractivity contribution in [2.45, 2.75) is 58.3 Å². The molecular formula is C36H46N2O4S. The Morgan fingerprint density at radius 1 is 1.02 bits per heavy atom. The lowest BCUT2D eigenvalue weighted by Crippen LogP contribution is -2.33. The lowest BCUT2D eigenvalue weighted by molar-refractivity contribution is -0.104. The highest BCUT2D eigenvalue weighted by molar-refractivity contribution is 7.20. The number of ether oxygens (including phenoxy) is 2. The first kappa shape index (κ1) is 32.5. The Morgan fingerprint density at radius 3 is 2.56 bits per heavy atom. The zero-order chi connectivity index (χ0) is 30.3. The van der Waals surface area contributed by atoms with Gasteiger partial charge in [0.2, 0.25) is 0 Å². The minimum atomic E-state index is 0.227. The van der Waals surface area contributed by atoms with E-state index in [0.717, 1.165) is 63.5 Å². The highest BCUT2D eigenvalue weighted by Crippen LogP contribution is 2.46. The van der Waals surface area contributed by atoms with Gasteiger partial charge in [0.15, 0.2) is 5.75 Å². The highest BCUT2D eigenvalue weighted by atomic mass is 32.1. The van der Waals surface area contributed by atoms with Crippen molar-refractivity contribution in [2.24, 2.45) is 0 Å². The summed E-state index contributed by atoms with van der Waals surface area (Å²) >= 11 is 1.59. The summed E-state index contributed by atoms with van der Waals surface area (Å²) in [6.45, 7) is 7.37. The minimum Gasteiger partial charge on any atom is -0.508 e. The molecular weight excluding hydrogens is 556 g/mol. The van der Waals surface area contributed by atoms with Crippen molar-refractivity contribution in [1.29, 1.82) is 0 Å². The van der Waals surface area contributed by atoms with E-state index in [2.05, 4.69) is 17.1 Å². The van der Waals surface area contributed by atoms with Crippen molar-refractivity contribution >= 4 is 33.3 Å². The second-order valence-corrected chi connectivity index (χ2v) is 12.0. The number of thiophene rings is 1. The molecule has 2 aliphatic rings. The number of fused-ring (bicyclic) bond motifs is 1. The molecule has 0 amide bonds. The van der Waals surface area contributed by atoms with Crippen molar-refractivity contribution in [3.63, 3.8) is 0 Å². The number of carbonyl (C=O) groups is 1. The molecule has 2 N–H and O–H groups in total. The number of piperidine rings is 1. The van der Waals surface area contributed by atoms with E-state index in [-0.39, 0.29) is 5.75 Å². The topological polar surface area (TPSA) is 71.0 Å². The molecule has 0 unspecified atom stereocenters. The summed E-state index contributed by atoms with van der Waals surface area (Å²) in [6, 6.07) is 13.1. The molecule has 1 saturated heterocycles. The SMILES string of the molecule is CCCCCNC.O=CC1=C/C=C(/c2sc3cc(O)ccc3c2Oc2ccc(OCCN3CCCCC3)cc2)CC/C=C\1. The van der Waals surface area contributed by atoms with Crippen LogP contribution in [0.1, 0.15) is 63.2 Å². The van der Waals surface area contributed by atoms with Crippen LogP contribution in [-0.4, -0.2) is 56.1 Å². The molecule has 3 aromatic rings. The second-order valence-electron chi connectivity index (χ2n) is 11.0. The minimum absolute atomic E-state index is 0.227. The summed E-state index contributed by atoms with van der Waals surface area (Å²) in [6.07, 6.45) is 18.2. The summed E-state index contributed by atoms with van der Waals surface area (Å²) in [5, 5.41) is 14.1. The molecule has 1 fully saturated rings. The fraction of sp³-hybridized carbons (Fsp3) is 0.417. The van der Waals surface area contributed by atoms with Crippen molar-refractivity contribution in [1.82, 2.24) is 10.2 Å². The lowest BCUT2D eigenvalue weighted by Gasteiger charge is -2.26. The molecule has 2 heterocycles. The molecule has 43 heavy (non-hydrogen) atoms. The molecule has 1 aromatic heterocycles. The largest absolute Gasteiger partial charge is 0.508 e. The second kappa shape index (κ2) is 17.7. The third-order valence-corrected chi connectivity index (χ3v) is 8.83. The predicted molar refractivity (Wildman–Crippen MR) is 180 cm³/mol. The van der Waals surface area contributed by atoms with Crippen molar-refractivity contribution in [3.05, 3.63) is 77.2 Å². The summed E-state index contributed by atoms with van der Waals surface area (Å²) < 4.78 is 13.4. The Kier molecular flexibility index (Phi) is 13.4. The number of phenolic OH excluding ortho intramolecular Hbond substituents is 1. The van der Waals surface area contributed by atoms with Crippen LogP contribution >= 0.6 is 11.3 Å². The summed E-state index contributed by atoms with van der Waals surface area (Å²) in [5.74, 6) is 2.56. The van der Waals surface area contributed by atoms with Gasteiger partial charge in [-0.2, -0.15) is 0 Å². The molecule has 0 saturated carbocycles. The Labute approximate surface area is 260 Å². The van der Waals surface area contributed by atoms with Gasteiger partial charge in [0, 0.05) is 22.2 Å². The van der Waals surface area contributed by atoms with Crippen molar-refractivity contribution in [3.8, 4) is 23.0 Å². The molecule has 2 aromatic carbocycles. The fourth-order valence-corrected chi connectivity index (χ4v) is 6.40. The van der Waals surface area contributed by atoms with Crippen LogP contribution in [0, 0.1) is 0 Å². The maximum Gasteiger partial charge on any atom is 0.153 e. The summed E-state index contributed by atoms with van der Waals surface area (Å²) in [4.78, 5) is 14.8. The molecule has 5 rings (SSSR count). The van der Waals surface area contributed by atoms with Crippen molar-refractivity contribution < 1.29 is 19.4 Å². The van der Waals surface area contributed by atoms with Crippen LogP contribution in [0.2, 0.25) is 0 Å². The first-order valence-corrected chi connectivity index (χ1v) is 16.5. The Morgan fingerprint density at radius 2 is 1.81 bits per heavy atom. The maximum atomic E-state index is 11.3. The van der Waals surface area contributed by atoms with Crippen molar-refractivity contribution in [2.75, 3.05) is 39.8 Å². The quantitative estimate of drug-likeness (QED) is 0.160. The third-order valence-electron chi connectivity index (χ3n) is 7.62. The Bertz CT molecular complexity index is 1380. The number of nitrogens with zero attached hydrogens (tertiary/aromatic N) is 1. The lowest BCUT2D eigenvalue weighted by atomic mass is 10.0. The van der Waals surface area contributed by atoms with E-state index in [0.29, 0.717) is 12.2 Å². The van der Waals surface area contributed by atoms with Crippen LogP contribution in [0.3, 0.4) is 0 Å². The number of hydrogen-bond donors (Lipinski definition) is 2. The summed E-state index contributed by atoms with van der Waals surface area (Å²) in [5.41, 5.74) is 1.75. The molecule has 7 heteroatoms. The zero-order valence-electron chi connectivity index (χ0n) is 25.6. The number of rotatable bonds is 12. The third kappa shape index (κ3) is 10.1. The fourth-order valence-electron chi connectivity index (χ4n) is 5.19. The molecule has 6 nitrogen and oxygen atoms in total. The van der Waals surface area contributed by atoms with E-state index in [4.69, 9.17) is 9.47 Å². The number of nitrogens with one attached hydrogen (secondary N) is 1. The number of phenols is 1. The Balaban J connectivity index is 0.000000541. The van der Waals surface area contributed by atoms with Gasteiger partial charge in [-0.15, -0.1) is 11.3 Å². The van der Waals surface area contributed by atoms with Gasteiger partial charge in [-0.1, -0.05) is 50.5 Å². The molecule has 0 bridgehead atoms. The van der Waals surface area contributed by atoms with Gasteiger partial charge >= 0.3 is 0 Å². The van der Waals surface area contributed by atoms with Crippen LogP contribution in [-0.2, 0) is 4.79 Å². The van der Waals surface area contributed by atoms with Gasteiger partial charge in [-0.05, 0) is 107 Å². The first-order chi connectivity index (χ1) is 21.1. The van der Waals surface area contributed by atoms with Crippen LogP contribution in [0.15, 0.2) is 72.3 Å². The van der Waals surface area contributed by atoms with E-state index in [9.17, 15) is 9.90 Å². The maximum absolute atomic E-state index is 11.3. The van der Waals surface area contributed by atoms with E-state index in [1.807, 2.05) is 61.7 Å². The predicted octanol–water partition coefficient (Wildman–Crippen LogP) is 8.52. The molecule has 230 valence electrons. The number of aldehydes is 1. The number of likely N-dealkylation sites (tertiary alicyclic amines) is 1. The van der Waals surface area contributed by atoms with Gasteiger partial charge in [-0.3, -0.25) is 9.69 Å². The van der Waals surface area contributed by atoms with Crippen LogP contribution in [0.25, 0.3) is 15.7 Å². The van der Waals surface area contributed by atoms with E-state index < -0.39 is 0 Å². The first-order valence-electron chi connectivity index (χ1n) is 15.7. The average molecular weight is 603 g/mol. The highest BCUT2D eigenvalue weighted by Gasteiger charge is 2.19. The van der Waals surface area contributed by atoms with Gasteiger partial charge in [0.25, 0.3) is 0 Å². The van der Waals surface area contributed by atoms with Gasteiger partial charge in [-0.25, -0.2) is 0 Å². The van der Waals surface area contributed by atoms with Gasteiger partial charge in [0.1, 0.15) is 30.1 Å². The number of hydrogen-bond acceptors (Lipinski definition) is 7. The molecule has 1 aliphatic carbocycles. The normalized spacial score (nSPS) is 18.7. The monoisotopic (exact) mass is 602 g/mol. The molecule has 0 radical (unpaired) electrons. The summed E-state index contributed by atoms with van der Waals surface area (Å²) in [7, 11) is 2.00. The number of aromatic hydroxyl groups is 1. The van der Waals surface area contributed by atoms with Gasteiger partial charge in [0.05, 0.1) is 4.88 Å². The van der Waals surface area contributed by atoms with Crippen LogP contribution < -0.4 is 14.8 Å². The van der Waals surface area contributed by atoms with Gasteiger partial charge < -0.3 is 19.9 Å². The van der Waals surface area contributed by atoms with E-state index >= 15 is 0 Å². The standard InChI is InChI=1S/C30H31NO4S.C6H15N/c32-21-22-6-2-3-7-23(9-8-22)30-29(27-15-10-24(33)20-28(27)36-30)35-26-13-11-25(12-14-26)34-19-18-31-16-4-1-5-17-31;1-3-4-5-6-7-2/h2,6,8-15,20-21,33H,1,3-5,7,16-19H2;7H,3-6H2,1-2H3/b6-2-,22-8+,23-9+;. The Hall–Kier alpha value is -3.39. The number of benzene rings is 2. The van der Waals surface area contributed by atoms with Crippen LogP contribution in [0.4, 0.5) is 0 Å². The zero-order valence-corrected chi connectivity index (χ0v) is 26.5. The number of unbranched alkanes of at least 4 members (excludes halogenated alkanes) is 2. The molecule has 0 atom stereocenters. The van der Waals surface area contributed by atoms with E-state index in [1.54, 1.807) is 23.5 Å². The van der Waals surface area contributed by atoms with E-state index in [1.165, 1.54) is 58.2 Å². The average Bonchev–Trinajstić information content (AvgIpc) is 3.36. The smallest absolute Gasteiger partial charge is 0.153 e. The molecule has 0 spiro atoms. The number of carbonyl (C=O) groups excluding carboxylic acids is 1. The number of allylic oxidation sites excluding steroid dienone is 6. The van der Waals surface area contributed by atoms with Crippen LogP contribution in [0.5, 0.6) is 23.0 Å². The molecule has 1 aliphatic heterocycles.